The first-order chi connectivity index (χ1) is 20.5. The van der Waals surface area contributed by atoms with Crippen molar-refractivity contribution in [2.45, 2.75) is 97.1 Å². The molecule has 12 N–H and O–H groups in total. The second-order valence-electron chi connectivity index (χ2n) is 9.68. The number of hydrogen-bond acceptors (Lipinski definition) is 12. The fourth-order valence-corrected chi connectivity index (χ4v) is 2.69. The molecule has 266 valence electrons. The van der Waals surface area contributed by atoms with Gasteiger partial charge in [-0.2, -0.15) is 0 Å². The van der Waals surface area contributed by atoms with Crippen molar-refractivity contribution in [1.82, 2.24) is 0 Å². The van der Waals surface area contributed by atoms with Gasteiger partial charge >= 0.3 is 0 Å². The van der Waals surface area contributed by atoms with E-state index in [-0.39, 0.29) is 81.9 Å². The molecule has 1 unspecified atom stereocenters. The molecule has 0 aliphatic carbocycles. The van der Waals surface area contributed by atoms with Crippen LogP contribution in [0.3, 0.4) is 0 Å². The van der Waals surface area contributed by atoms with E-state index in [9.17, 15) is 9.59 Å². The average molecular weight is 765 g/mol. The van der Waals surface area contributed by atoms with Crippen LogP contribution < -0.4 is 17.2 Å². The van der Waals surface area contributed by atoms with E-state index in [1.165, 1.54) is 12.8 Å². The van der Waals surface area contributed by atoms with Gasteiger partial charge in [0.05, 0.1) is 25.4 Å². The van der Waals surface area contributed by atoms with Crippen LogP contribution in [0.15, 0.2) is 0 Å². The van der Waals surface area contributed by atoms with Gasteiger partial charge in [0.2, 0.25) is 0 Å². The van der Waals surface area contributed by atoms with Crippen molar-refractivity contribution in [2.24, 2.45) is 29.0 Å². The maximum atomic E-state index is 11.1. The van der Waals surface area contributed by atoms with Crippen LogP contribution >= 0.6 is 35.0 Å². The molecule has 0 aromatic rings. The van der Waals surface area contributed by atoms with E-state index >= 15 is 0 Å². The van der Waals surface area contributed by atoms with Crippen molar-refractivity contribution in [3.63, 3.8) is 0 Å². The fraction of sp³-hybridized carbons (Fsp3) is 0.931. The standard InChI is InChI=1S/C9H18O3.C8H17NO3.C5H10O.C3H9NO2.C3H9N.CH3I.ClH/c1-2-3-4-9(12)5-8(6-10)7-11;9-3-1-2-8(12)4-7(5-10)6-11;1-5-3-2-4-6-5;4-3(1-5)2-6;1-2-3-4;1-2;/h8,10-11H,2-7H2,1H3;7,10-11H,1-6,9H2;5H,2-4H2,1H3;3,5-6H,1-2,4H2;2-4H2,1H3;1H3;1H/i;;;;;1D;. The Kier molecular flexibility index (Phi) is 59.6. The summed E-state index contributed by atoms with van der Waals surface area (Å²) in [5, 5.41) is 50.8. The van der Waals surface area contributed by atoms with Crippen LogP contribution in [0.2, 0.25) is 0 Å². The Bertz CT molecular complexity index is 502. The summed E-state index contributed by atoms with van der Waals surface area (Å²) in [7, 11) is 0. The summed E-state index contributed by atoms with van der Waals surface area (Å²) in [6, 6.07) is -0.454. The highest BCUT2D eigenvalue weighted by Crippen LogP contribution is 2.09. The highest BCUT2D eigenvalue weighted by Gasteiger charge is 2.12. The molecule has 1 atom stereocenters. The molecule has 1 saturated heterocycles. The van der Waals surface area contributed by atoms with Crippen molar-refractivity contribution in [3.05, 3.63) is 0 Å². The minimum atomic E-state index is -0.454. The van der Waals surface area contributed by atoms with Gasteiger partial charge in [-0.25, -0.2) is 0 Å². The highest BCUT2D eigenvalue weighted by atomic mass is 127. The van der Waals surface area contributed by atoms with E-state index in [1.54, 1.807) is 0 Å². The normalized spacial score (nSPS) is 13.3. The molecule has 0 aromatic heterocycles. The van der Waals surface area contributed by atoms with Gasteiger partial charge in [0.1, 0.15) is 11.6 Å². The molecule has 43 heavy (non-hydrogen) atoms. The van der Waals surface area contributed by atoms with E-state index < -0.39 is 6.04 Å². The third-order valence-electron chi connectivity index (χ3n) is 5.45. The number of rotatable bonds is 17. The predicted molar refractivity (Wildman–Crippen MR) is 186 cm³/mol. The van der Waals surface area contributed by atoms with Crippen molar-refractivity contribution < 1.29 is 46.3 Å². The second kappa shape index (κ2) is 48.9. The molecule has 14 heteroatoms. The van der Waals surface area contributed by atoms with Crippen LogP contribution in [0.5, 0.6) is 0 Å². The van der Waals surface area contributed by atoms with Gasteiger partial charge in [-0.3, -0.25) is 9.59 Å². The van der Waals surface area contributed by atoms with Crippen LogP contribution in [-0.2, 0) is 14.3 Å². The largest absolute Gasteiger partial charge is 0.396 e. The van der Waals surface area contributed by atoms with E-state index in [0.717, 1.165) is 32.4 Å². The number of carbonyl (C=O) groups is 2. The molecular weight excluding hydrogens is 697 g/mol. The van der Waals surface area contributed by atoms with E-state index in [2.05, 4.69) is 13.8 Å². The van der Waals surface area contributed by atoms with Gasteiger partial charge in [0.15, 0.2) is 0 Å². The number of hydrogen-bond donors (Lipinski definition) is 9. The van der Waals surface area contributed by atoms with Gasteiger partial charge in [-0.1, -0.05) is 42.9 Å². The number of carbonyl (C=O) groups excluding carboxylic acids is 2. The molecular formula is C29H67ClIN3O9. The Morgan fingerprint density at radius 2 is 1.23 bits per heavy atom. The average Bonchev–Trinajstić information content (AvgIpc) is 3.52. The molecule has 1 heterocycles. The summed E-state index contributed by atoms with van der Waals surface area (Å²) in [5.41, 5.74) is 15.2. The van der Waals surface area contributed by atoms with Crippen molar-refractivity contribution in [1.29, 1.82) is 0 Å². The number of ether oxygens (including phenoxy) is 1. The number of nitrogens with two attached hydrogens (primary N) is 3. The quantitative estimate of drug-likeness (QED) is 0.0753. The topological polar surface area (TPSA) is 243 Å². The number of aliphatic hydroxyl groups excluding tert-OH is 6. The van der Waals surface area contributed by atoms with Gasteiger partial charge in [-0.05, 0) is 57.0 Å². The van der Waals surface area contributed by atoms with Gasteiger partial charge in [0.25, 0.3) is 0 Å². The lowest BCUT2D eigenvalue weighted by molar-refractivity contribution is -0.121. The second-order valence-corrected chi connectivity index (χ2v) is 9.68. The van der Waals surface area contributed by atoms with E-state index in [1.807, 2.05) is 29.5 Å². The van der Waals surface area contributed by atoms with E-state index in [4.69, 9.17) is 53.9 Å². The lowest BCUT2D eigenvalue weighted by Gasteiger charge is -2.08. The SMILES string of the molecule is CC1CCCO1.CCCCC(=O)CC(CO)CO.CCCN.Cl.NC(CO)CO.NCCCC(=O)CC(CO)CO.[2H]CI. The van der Waals surface area contributed by atoms with Crippen LogP contribution in [0.25, 0.3) is 0 Å². The molecule has 12 nitrogen and oxygen atoms in total. The molecule has 1 aliphatic rings. The Balaban J connectivity index is -0.000000105. The number of aliphatic hydroxyl groups is 6. The zero-order valence-corrected chi connectivity index (χ0v) is 29.9. The molecule has 0 aromatic carbocycles. The smallest absolute Gasteiger partial charge is 0.133 e. The summed E-state index contributed by atoms with van der Waals surface area (Å²) in [6.45, 7) is 7.76. The number of alkyl halides is 1. The molecule has 0 amide bonds. The minimum Gasteiger partial charge on any atom is -0.396 e. The zero-order chi connectivity index (χ0) is 34.3. The molecule has 1 fully saturated rings. The van der Waals surface area contributed by atoms with Crippen LogP contribution in [-0.4, -0.2) is 119 Å². The monoisotopic (exact) mass is 764 g/mol. The summed E-state index contributed by atoms with van der Waals surface area (Å²) in [4.78, 5) is 22.6. The predicted octanol–water partition coefficient (Wildman–Crippen LogP) is 1.33. The van der Waals surface area contributed by atoms with Crippen LogP contribution in [0.4, 0.5) is 0 Å². The van der Waals surface area contributed by atoms with Gasteiger partial charge in [-0.15, -0.1) is 12.4 Å². The third-order valence-corrected chi connectivity index (χ3v) is 5.45. The molecule has 1 aliphatic heterocycles. The molecule has 0 radical (unpaired) electrons. The fourth-order valence-electron chi connectivity index (χ4n) is 2.69. The maximum Gasteiger partial charge on any atom is 0.133 e. The molecule has 0 bridgehead atoms. The zero-order valence-electron chi connectivity index (χ0n) is 27.9. The summed E-state index contributed by atoms with van der Waals surface area (Å²) >= 11 is 1.96. The minimum absolute atomic E-state index is 0. The number of ketones is 2. The van der Waals surface area contributed by atoms with Crippen LogP contribution in [0, 0.1) is 11.8 Å². The Labute approximate surface area is 282 Å². The molecule has 1 rings (SSSR count). The van der Waals surface area contributed by atoms with E-state index in [0.29, 0.717) is 43.2 Å². The Hall–Kier alpha value is -0.0400. The molecule has 0 spiro atoms. The first-order valence-corrected chi connectivity index (χ1v) is 16.4. The van der Waals surface area contributed by atoms with Gasteiger partial charge < -0.3 is 52.6 Å². The summed E-state index contributed by atoms with van der Waals surface area (Å²) < 4.78 is 11.3. The van der Waals surface area contributed by atoms with Crippen molar-refractivity contribution in [3.8, 4) is 0 Å². The lowest BCUT2D eigenvalue weighted by atomic mass is 10.0. The number of unbranched alkanes of at least 4 members (excludes halogenated alkanes) is 1. The van der Waals surface area contributed by atoms with Crippen LogP contribution in [0.1, 0.15) is 86.4 Å². The Morgan fingerprint density at radius 3 is 1.42 bits per heavy atom. The third kappa shape index (κ3) is 51.8. The first kappa shape index (κ1) is 52.5. The number of halogens is 2. The maximum absolute atomic E-state index is 11.1. The first-order valence-electron chi connectivity index (χ1n) is 15.5. The van der Waals surface area contributed by atoms with Crippen molar-refractivity contribution >= 4 is 46.6 Å². The number of Topliss-reactive ketones (excluding diaryl/α,β-unsaturated/α-hetero) is 2. The summed E-state index contributed by atoms with van der Waals surface area (Å²) in [6.07, 6.45) is 8.37. The molecule has 0 saturated carbocycles. The Morgan fingerprint density at radius 1 is 0.837 bits per heavy atom. The highest BCUT2D eigenvalue weighted by molar-refractivity contribution is 14.1. The van der Waals surface area contributed by atoms with Crippen molar-refractivity contribution in [2.75, 3.05) is 64.2 Å². The van der Waals surface area contributed by atoms with Gasteiger partial charge in [0, 0.05) is 71.9 Å². The summed E-state index contributed by atoms with van der Waals surface area (Å²) in [5.74, 6) is -0.344. The lowest BCUT2D eigenvalue weighted by Crippen LogP contribution is -2.27.